The molecule has 3 fully saturated rings. The van der Waals surface area contributed by atoms with Crippen LogP contribution in [0.3, 0.4) is 0 Å². The van der Waals surface area contributed by atoms with E-state index in [0.29, 0.717) is 5.33 Å². The lowest BCUT2D eigenvalue weighted by atomic mass is 9.57. The Labute approximate surface area is 120 Å². The van der Waals surface area contributed by atoms with Gasteiger partial charge in [0.05, 0.1) is 11.3 Å². The first-order valence-electron chi connectivity index (χ1n) is 7.24. The lowest BCUT2D eigenvalue weighted by Gasteiger charge is -2.42. The van der Waals surface area contributed by atoms with E-state index < -0.39 is 5.41 Å². The minimum absolute atomic E-state index is 0.219. The molecule has 1 aliphatic heterocycles. The van der Waals surface area contributed by atoms with Crippen molar-refractivity contribution in [3.8, 4) is 0 Å². The second kappa shape index (κ2) is 3.94. The number of carbonyl (C=O) groups is 2. The summed E-state index contributed by atoms with van der Waals surface area (Å²) in [5, 5.41) is 0.563. The van der Waals surface area contributed by atoms with Crippen molar-refractivity contribution in [2.75, 3.05) is 5.33 Å². The fourth-order valence-corrected chi connectivity index (χ4v) is 6.11. The first-order valence-corrected chi connectivity index (χ1v) is 8.36. The molecule has 19 heavy (non-hydrogen) atoms. The number of halogens is 1. The number of rotatable bonds is 1. The van der Waals surface area contributed by atoms with Gasteiger partial charge in [-0.3, -0.25) is 9.59 Å². The van der Waals surface area contributed by atoms with Crippen LogP contribution in [0.25, 0.3) is 0 Å². The molecule has 0 amide bonds. The van der Waals surface area contributed by atoms with Gasteiger partial charge in [-0.1, -0.05) is 27.1 Å². The monoisotopic (exact) mass is 324 g/mol. The van der Waals surface area contributed by atoms with E-state index in [4.69, 9.17) is 4.74 Å². The summed E-state index contributed by atoms with van der Waals surface area (Å²) < 4.78 is 5.08. The summed E-state index contributed by atoms with van der Waals surface area (Å²) in [5.41, 5.74) is 2.42. The molecule has 3 nitrogen and oxygen atoms in total. The smallest absolute Gasteiger partial charge is 0.322 e. The zero-order valence-electron chi connectivity index (χ0n) is 10.8. The molecule has 0 unspecified atom stereocenters. The number of hydrogen-bond donors (Lipinski definition) is 0. The van der Waals surface area contributed by atoms with Crippen molar-refractivity contribution >= 4 is 27.9 Å². The van der Waals surface area contributed by atoms with Gasteiger partial charge in [0.2, 0.25) is 0 Å². The van der Waals surface area contributed by atoms with Crippen molar-refractivity contribution in [1.29, 1.82) is 0 Å². The van der Waals surface area contributed by atoms with Crippen LogP contribution >= 0.6 is 15.9 Å². The zero-order chi connectivity index (χ0) is 13.2. The van der Waals surface area contributed by atoms with Gasteiger partial charge < -0.3 is 4.74 Å². The largest absolute Gasteiger partial charge is 0.392 e. The number of ether oxygens (including phenoxy) is 1. The summed E-state index contributed by atoms with van der Waals surface area (Å²) in [5.74, 6) is -0.223. The van der Waals surface area contributed by atoms with Crippen LogP contribution in [0.2, 0.25) is 0 Å². The van der Waals surface area contributed by atoms with Gasteiger partial charge in [0.1, 0.15) is 0 Å². The summed E-state index contributed by atoms with van der Waals surface area (Å²) in [6.07, 6.45) is 6.65. The average molecular weight is 325 g/mol. The third kappa shape index (κ3) is 1.29. The van der Waals surface area contributed by atoms with E-state index in [9.17, 15) is 9.59 Å². The normalized spacial score (nSPS) is 44.2. The van der Waals surface area contributed by atoms with Gasteiger partial charge in [-0.05, 0) is 50.4 Å². The van der Waals surface area contributed by atoms with Gasteiger partial charge in [-0.2, -0.15) is 0 Å². The van der Waals surface area contributed by atoms with Crippen molar-refractivity contribution in [2.45, 2.75) is 38.5 Å². The lowest BCUT2D eigenvalue weighted by molar-refractivity contribution is -0.155. The van der Waals surface area contributed by atoms with E-state index in [1.807, 2.05) is 0 Å². The quantitative estimate of drug-likeness (QED) is 0.322. The first-order chi connectivity index (χ1) is 9.20. The Morgan fingerprint density at radius 3 is 2.68 bits per heavy atom. The Hall–Kier alpha value is -0.640. The highest BCUT2D eigenvalue weighted by Gasteiger charge is 2.67. The Morgan fingerprint density at radius 1 is 1.16 bits per heavy atom. The van der Waals surface area contributed by atoms with Gasteiger partial charge in [-0.25, -0.2) is 0 Å². The first kappa shape index (κ1) is 12.1. The molecule has 3 aliphatic carbocycles. The Balaban J connectivity index is 1.95. The number of allylic oxidation sites excluding steroid dienone is 2. The molecule has 4 heteroatoms. The van der Waals surface area contributed by atoms with Crippen LogP contribution in [-0.2, 0) is 14.3 Å². The maximum atomic E-state index is 12.4. The summed E-state index contributed by atoms with van der Waals surface area (Å²) in [4.78, 5) is 24.6. The van der Waals surface area contributed by atoms with Crippen molar-refractivity contribution in [3.63, 3.8) is 0 Å². The number of alkyl halides is 1. The molecule has 0 bridgehead atoms. The van der Waals surface area contributed by atoms with Crippen molar-refractivity contribution in [1.82, 2.24) is 0 Å². The van der Waals surface area contributed by atoms with Gasteiger partial charge >= 0.3 is 11.9 Å². The Morgan fingerprint density at radius 2 is 1.89 bits per heavy atom. The fraction of sp³-hybridized carbons (Fsp3) is 0.733. The van der Waals surface area contributed by atoms with E-state index in [1.54, 1.807) is 0 Å². The molecular formula is C15H17BrO3. The second-order valence-corrected chi connectivity index (χ2v) is 6.91. The van der Waals surface area contributed by atoms with Gasteiger partial charge in [0.15, 0.2) is 0 Å². The minimum atomic E-state index is -0.596. The van der Waals surface area contributed by atoms with Gasteiger partial charge in [-0.15, -0.1) is 0 Å². The molecular weight excluding hydrogens is 308 g/mol. The van der Waals surface area contributed by atoms with Crippen LogP contribution in [0.4, 0.5) is 0 Å². The Bertz CT molecular complexity index is 510. The Kier molecular flexibility index (Phi) is 2.51. The molecule has 4 aliphatic rings. The number of esters is 2. The van der Waals surface area contributed by atoms with E-state index in [1.165, 1.54) is 11.1 Å². The summed E-state index contributed by atoms with van der Waals surface area (Å²) in [7, 11) is 0. The highest BCUT2D eigenvalue weighted by atomic mass is 79.9. The molecule has 0 aromatic carbocycles. The third-order valence-corrected chi connectivity index (χ3v) is 6.74. The predicted octanol–water partition coefficient (Wildman–Crippen LogP) is 2.98. The molecule has 2 saturated carbocycles. The maximum Gasteiger partial charge on any atom is 0.322 e. The van der Waals surface area contributed by atoms with Crippen LogP contribution < -0.4 is 0 Å². The predicted molar refractivity (Wildman–Crippen MR) is 72.5 cm³/mol. The molecule has 0 N–H and O–H groups in total. The number of cyclic esters (lactones) is 2. The maximum absolute atomic E-state index is 12.4. The van der Waals surface area contributed by atoms with Crippen LogP contribution in [0, 0.1) is 23.2 Å². The summed E-state index contributed by atoms with van der Waals surface area (Å²) >= 11 is 3.53. The molecule has 4 atom stereocenters. The molecule has 102 valence electrons. The van der Waals surface area contributed by atoms with Gasteiger partial charge in [0, 0.05) is 5.33 Å². The minimum Gasteiger partial charge on any atom is -0.392 e. The zero-order valence-corrected chi connectivity index (χ0v) is 12.4. The topological polar surface area (TPSA) is 43.4 Å². The highest BCUT2D eigenvalue weighted by Crippen LogP contribution is 2.63. The number of hydrogen-bond acceptors (Lipinski definition) is 3. The lowest BCUT2D eigenvalue weighted by Crippen LogP contribution is -2.48. The molecule has 1 saturated heterocycles. The van der Waals surface area contributed by atoms with E-state index >= 15 is 0 Å². The SMILES string of the molecule is O=C1OC(=O)[C@]2(CBr)[C@@H]3CCCC3=C3CCC[C@@H]3[C@H]12. The van der Waals surface area contributed by atoms with Gasteiger partial charge in [0.25, 0.3) is 0 Å². The fourth-order valence-electron chi connectivity index (χ4n) is 5.14. The van der Waals surface area contributed by atoms with E-state index in [2.05, 4.69) is 15.9 Å². The van der Waals surface area contributed by atoms with Crippen LogP contribution in [0.15, 0.2) is 11.1 Å². The second-order valence-electron chi connectivity index (χ2n) is 6.35. The van der Waals surface area contributed by atoms with Crippen molar-refractivity contribution in [2.24, 2.45) is 23.2 Å². The van der Waals surface area contributed by atoms with E-state index in [0.717, 1.165) is 38.5 Å². The molecule has 0 spiro atoms. The number of fused-ring (bicyclic) bond motifs is 5. The molecule has 4 rings (SSSR count). The molecule has 0 radical (unpaired) electrons. The molecule has 0 aromatic heterocycles. The van der Waals surface area contributed by atoms with Crippen molar-refractivity contribution in [3.05, 3.63) is 11.1 Å². The molecule has 1 heterocycles. The van der Waals surface area contributed by atoms with Crippen LogP contribution in [-0.4, -0.2) is 17.3 Å². The summed E-state index contributed by atoms with van der Waals surface area (Å²) in [6.45, 7) is 0. The molecule has 0 aromatic rings. The third-order valence-electron chi connectivity index (χ3n) is 5.81. The van der Waals surface area contributed by atoms with Crippen LogP contribution in [0.5, 0.6) is 0 Å². The van der Waals surface area contributed by atoms with E-state index in [-0.39, 0.29) is 29.7 Å². The standard InChI is InChI=1S/C15H17BrO3/c16-7-15-11-6-2-4-9(11)8-3-1-5-10(8)12(15)13(17)19-14(15)18/h10-12H,1-7H2/t10-,11+,12+,15+/m0/s1. The van der Waals surface area contributed by atoms with Crippen LogP contribution in [0.1, 0.15) is 38.5 Å². The summed E-state index contributed by atoms with van der Waals surface area (Å²) in [6, 6.07) is 0. The number of carbonyl (C=O) groups excluding carboxylic acids is 2. The van der Waals surface area contributed by atoms with Crippen molar-refractivity contribution < 1.29 is 14.3 Å². The average Bonchev–Trinajstić information content (AvgIpc) is 3.06. The highest BCUT2D eigenvalue weighted by molar-refractivity contribution is 9.09.